The van der Waals surface area contributed by atoms with E-state index in [1.54, 1.807) is 6.92 Å². The van der Waals surface area contributed by atoms with Gasteiger partial charge in [-0.05, 0) is 12.8 Å². The van der Waals surface area contributed by atoms with E-state index in [2.05, 4.69) is 0 Å². The first kappa shape index (κ1) is 12.1. The fourth-order valence-electron chi connectivity index (χ4n) is 2.90. The topological polar surface area (TPSA) is 74.7 Å². The maximum atomic E-state index is 12.0. The third-order valence-electron chi connectivity index (χ3n) is 3.88. The van der Waals surface area contributed by atoms with Crippen LogP contribution in [0, 0.1) is 5.92 Å². The van der Waals surface area contributed by atoms with Gasteiger partial charge in [-0.15, -0.1) is 0 Å². The average Bonchev–Trinajstić information content (AvgIpc) is 2.54. The van der Waals surface area contributed by atoms with E-state index in [4.69, 9.17) is 0 Å². The van der Waals surface area contributed by atoms with Crippen LogP contribution < -0.4 is 0 Å². The van der Waals surface area contributed by atoms with Gasteiger partial charge in [0, 0.05) is 12.3 Å². The van der Waals surface area contributed by atoms with E-state index in [1.807, 2.05) is 0 Å². The summed E-state index contributed by atoms with van der Waals surface area (Å²) in [4.78, 5) is 36.4. The molecule has 94 valence electrons. The average molecular weight is 239 g/mol. The number of aliphatic carboxylic acids is 1. The van der Waals surface area contributed by atoms with Gasteiger partial charge < -0.3 is 5.11 Å². The van der Waals surface area contributed by atoms with Crippen LogP contribution >= 0.6 is 0 Å². The Morgan fingerprint density at radius 2 is 1.88 bits per heavy atom. The zero-order chi connectivity index (χ0) is 12.6. The van der Waals surface area contributed by atoms with Crippen LogP contribution in [0.2, 0.25) is 0 Å². The standard InChI is InChI=1S/C12H17NO4/c1-8-7-9(14)13(10(8)15)12(11(16)17)5-3-2-4-6-12/h8H,2-7H2,1H3,(H,16,17). The van der Waals surface area contributed by atoms with Crippen LogP contribution in [0.3, 0.4) is 0 Å². The summed E-state index contributed by atoms with van der Waals surface area (Å²) in [6.45, 7) is 1.68. The molecule has 17 heavy (non-hydrogen) atoms. The summed E-state index contributed by atoms with van der Waals surface area (Å²) in [5.41, 5.74) is -1.27. The van der Waals surface area contributed by atoms with Crippen molar-refractivity contribution in [2.45, 2.75) is 51.0 Å². The Labute approximate surface area is 99.8 Å². The van der Waals surface area contributed by atoms with Gasteiger partial charge in [0.05, 0.1) is 0 Å². The number of carbonyl (C=O) groups excluding carboxylic acids is 2. The fraction of sp³-hybridized carbons (Fsp3) is 0.750. The molecule has 0 bridgehead atoms. The summed E-state index contributed by atoms with van der Waals surface area (Å²) in [6.07, 6.45) is 3.43. The zero-order valence-corrected chi connectivity index (χ0v) is 9.94. The zero-order valence-electron chi connectivity index (χ0n) is 9.94. The van der Waals surface area contributed by atoms with Crippen molar-refractivity contribution in [2.24, 2.45) is 5.92 Å². The van der Waals surface area contributed by atoms with Crippen LogP contribution in [0.15, 0.2) is 0 Å². The molecule has 5 nitrogen and oxygen atoms in total. The van der Waals surface area contributed by atoms with Crippen LogP contribution in [-0.2, 0) is 14.4 Å². The molecule has 0 spiro atoms. The minimum Gasteiger partial charge on any atom is -0.479 e. The largest absolute Gasteiger partial charge is 0.479 e. The maximum absolute atomic E-state index is 12.0. The first-order valence-corrected chi connectivity index (χ1v) is 6.09. The van der Waals surface area contributed by atoms with Crippen molar-refractivity contribution < 1.29 is 19.5 Å². The third-order valence-corrected chi connectivity index (χ3v) is 3.88. The first-order valence-electron chi connectivity index (χ1n) is 6.09. The summed E-state index contributed by atoms with van der Waals surface area (Å²) in [7, 11) is 0. The van der Waals surface area contributed by atoms with Crippen LogP contribution in [0.25, 0.3) is 0 Å². The number of imide groups is 1. The number of hydrogen-bond donors (Lipinski definition) is 1. The number of nitrogens with zero attached hydrogens (tertiary/aromatic N) is 1. The quantitative estimate of drug-likeness (QED) is 0.734. The summed E-state index contributed by atoms with van der Waals surface area (Å²) >= 11 is 0. The summed E-state index contributed by atoms with van der Waals surface area (Å²) in [5.74, 6) is -2.06. The van der Waals surface area contributed by atoms with Gasteiger partial charge >= 0.3 is 5.97 Å². The highest BCUT2D eigenvalue weighted by molar-refractivity contribution is 6.07. The SMILES string of the molecule is CC1CC(=O)N(C2(C(=O)O)CCCCC2)C1=O. The van der Waals surface area contributed by atoms with E-state index in [9.17, 15) is 19.5 Å². The van der Waals surface area contributed by atoms with Crippen molar-refractivity contribution in [1.82, 2.24) is 4.90 Å². The molecule has 1 N–H and O–H groups in total. The molecule has 2 rings (SSSR count). The van der Waals surface area contributed by atoms with Gasteiger partial charge in [0.1, 0.15) is 5.54 Å². The van der Waals surface area contributed by atoms with E-state index >= 15 is 0 Å². The fourth-order valence-corrected chi connectivity index (χ4v) is 2.90. The lowest BCUT2D eigenvalue weighted by Crippen LogP contribution is -2.58. The molecule has 2 aliphatic rings. The second kappa shape index (κ2) is 4.13. The highest BCUT2D eigenvalue weighted by Gasteiger charge is 2.53. The number of hydrogen-bond acceptors (Lipinski definition) is 3. The first-order chi connectivity index (χ1) is 7.99. The molecule has 2 fully saturated rings. The molecule has 0 aromatic heterocycles. The minimum atomic E-state index is -1.27. The molecule has 1 saturated carbocycles. The van der Waals surface area contributed by atoms with Crippen molar-refractivity contribution in [3.8, 4) is 0 Å². The molecular formula is C12H17NO4. The molecule has 1 heterocycles. The second-order valence-corrected chi connectivity index (χ2v) is 5.07. The van der Waals surface area contributed by atoms with Gasteiger partial charge in [-0.25, -0.2) is 4.79 Å². The number of rotatable bonds is 2. The van der Waals surface area contributed by atoms with Crippen LogP contribution in [0.4, 0.5) is 0 Å². The number of carbonyl (C=O) groups is 3. The maximum Gasteiger partial charge on any atom is 0.330 e. The van der Waals surface area contributed by atoms with E-state index in [-0.39, 0.29) is 24.2 Å². The smallest absolute Gasteiger partial charge is 0.330 e. The third kappa shape index (κ3) is 1.73. The molecule has 0 aromatic carbocycles. The monoisotopic (exact) mass is 239 g/mol. The van der Waals surface area contributed by atoms with E-state index in [0.29, 0.717) is 12.8 Å². The second-order valence-electron chi connectivity index (χ2n) is 5.07. The molecule has 1 aliphatic heterocycles. The van der Waals surface area contributed by atoms with Gasteiger partial charge in [0.25, 0.3) is 0 Å². The molecule has 1 aliphatic carbocycles. The Bertz CT molecular complexity index is 371. The van der Waals surface area contributed by atoms with E-state index in [0.717, 1.165) is 24.2 Å². The van der Waals surface area contributed by atoms with Gasteiger partial charge in [-0.1, -0.05) is 26.2 Å². The molecule has 2 amide bonds. The van der Waals surface area contributed by atoms with Crippen LogP contribution in [0.1, 0.15) is 45.4 Å². The normalized spacial score (nSPS) is 28.5. The van der Waals surface area contributed by atoms with Gasteiger partial charge in [-0.2, -0.15) is 0 Å². The Morgan fingerprint density at radius 1 is 1.29 bits per heavy atom. The lowest BCUT2D eigenvalue weighted by Gasteiger charge is -2.39. The number of carboxylic acids is 1. The Morgan fingerprint density at radius 3 is 2.29 bits per heavy atom. The van der Waals surface area contributed by atoms with Crippen LogP contribution in [-0.4, -0.2) is 33.3 Å². The summed E-state index contributed by atoms with van der Waals surface area (Å²) < 4.78 is 0. The number of carboxylic acid groups (broad SMARTS) is 1. The predicted octanol–water partition coefficient (Wildman–Crippen LogP) is 1.17. The highest BCUT2D eigenvalue weighted by atomic mass is 16.4. The van der Waals surface area contributed by atoms with Crippen molar-refractivity contribution in [3.63, 3.8) is 0 Å². The molecular weight excluding hydrogens is 222 g/mol. The van der Waals surface area contributed by atoms with Gasteiger partial charge in [0.2, 0.25) is 11.8 Å². The molecule has 1 saturated heterocycles. The summed E-state index contributed by atoms with van der Waals surface area (Å²) in [6, 6.07) is 0. The van der Waals surface area contributed by atoms with Gasteiger partial charge in [-0.3, -0.25) is 14.5 Å². The lowest BCUT2D eigenvalue weighted by atomic mass is 9.80. The molecule has 0 aromatic rings. The Kier molecular flexibility index (Phi) is 2.93. The predicted molar refractivity (Wildman–Crippen MR) is 59.1 cm³/mol. The molecule has 5 heteroatoms. The van der Waals surface area contributed by atoms with Crippen molar-refractivity contribution in [1.29, 1.82) is 0 Å². The van der Waals surface area contributed by atoms with Crippen LogP contribution in [0.5, 0.6) is 0 Å². The van der Waals surface area contributed by atoms with E-state index < -0.39 is 11.5 Å². The Balaban J connectivity index is 2.36. The molecule has 1 unspecified atom stereocenters. The lowest BCUT2D eigenvalue weighted by molar-refractivity contribution is -0.165. The minimum absolute atomic E-state index is 0.147. The molecule has 1 atom stereocenters. The summed E-state index contributed by atoms with van der Waals surface area (Å²) in [5, 5.41) is 9.42. The molecule has 0 radical (unpaired) electrons. The Hall–Kier alpha value is -1.39. The van der Waals surface area contributed by atoms with Crippen molar-refractivity contribution in [2.75, 3.05) is 0 Å². The highest BCUT2D eigenvalue weighted by Crippen LogP contribution is 2.38. The number of amides is 2. The van der Waals surface area contributed by atoms with Crippen molar-refractivity contribution in [3.05, 3.63) is 0 Å². The van der Waals surface area contributed by atoms with Gasteiger partial charge in [0.15, 0.2) is 0 Å². The van der Waals surface area contributed by atoms with E-state index in [1.165, 1.54) is 0 Å². The van der Waals surface area contributed by atoms with Crippen molar-refractivity contribution >= 4 is 17.8 Å². The number of likely N-dealkylation sites (tertiary alicyclic amines) is 1.